The van der Waals surface area contributed by atoms with E-state index < -0.39 is 9.05 Å². The van der Waals surface area contributed by atoms with E-state index >= 15 is 0 Å². The van der Waals surface area contributed by atoms with Crippen molar-refractivity contribution in [3.8, 4) is 0 Å². The maximum absolute atomic E-state index is 7.60. The largest absolute Gasteiger partial charge is 2.00 e. The molecule has 0 amide bonds. The molecule has 0 rings (SSSR count). The van der Waals surface area contributed by atoms with Gasteiger partial charge < -0.3 is 17.2 Å². The Labute approximate surface area is 73.6 Å². The van der Waals surface area contributed by atoms with E-state index in [-0.39, 0.29) is 40.6 Å². The van der Waals surface area contributed by atoms with Crippen molar-refractivity contribution in [2.75, 3.05) is 0 Å². The molecule has 0 unspecified atom stereocenters. The molecule has 0 fully saturated rings. The molecular weight excluding hydrogens is 148 g/mol. The van der Waals surface area contributed by atoms with E-state index in [9.17, 15) is 0 Å². The van der Waals surface area contributed by atoms with E-state index in [0.717, 1.165) is 0 Å². The van der Waals surface area contributed by atoms with Gasteiger partial charge in [0.05, 0.1) is 0 Å². The van der Waals surface area contributed by atoms with E-state index in [0.29, 0.717) is 0 Å². The van der Waals surface area contributed by atoms with E-state index in [1.54, 1.807) is 0 Å². The molecule has 0 aliphatic carbocycles. The van der Waals surface area contributed by atoms with Gasteiger partial charge in [-0.1, -0.05) is 0 Å². The van der Waals surface area contributed by atoms with Crippen molar-refractivity contribution in [2.45, 2.75) is 0 Å². The van der Waals surface area contributed by atoms with Crippen molar-refractivity contribution in [1.82, 2.24) is 0 Å². The molecule has 0 aromatic rings. The van der Waals surface area contributed by atoms with Crippen LogP contribution in [0, 0.1) is 0 Å². The van der Waals surface area contributed by atoms with Crippen LogP contribution >= 0.6 is 0 Å². The molecular formula is H6CaO5Si. The molecule has 42 valence electrons. The number of hydrogen-bond donors (Lipinski definition) is 4. The summed E-state index contributed by atoms with van der Waals surface area (Å²) in [6.07, 6.45) is 0. The van der Waals surface area contributed by atoms with Crippen molar-refractivity contribution in [3.05, 3.63) is 0 Å². The minimum Gasteiger partial charge on any atom is -1.00 e. The average Bonchev–Trinajstić information content (AvgIpc) is 1.35. The Kier molecular flexibility index (Phi) is 6.65. The Hall–Kier alpha value is 1.28. The molecule has 5 nitrogen and oxygen atoms in total. The summed E-state index contributed by atoms with van der Waals surface area (Å²) >= 11 is 0. The van der Waals surface area contributed by atoms with Gasteiger partial charge in [-0.15, -0.1) is 0 Å². The van der Waals surface area contributed by atoms with E-state index in [4.69, 9.17) is 19.6 Å². The molecule has 0 aromatic carbocycles. The minimum absolute atomic E-state index is 0. The molecule has 0 saturated carbocycles. The smallest absolute Gasteiger partial charge is 1.00 e. The Bertz CT molecular complexity index is 44.7. The summed E-state index contributed by atoms with van der Waals surface area (Å²) in [6, 6.07) is 0. The summed E-state index contributed by atoms with van der Waals surface area (Å²) in [6.45, 7) is 0. The number of rotatable bonds is 1. The first kappa shape index (κ1) is 11.1. The maximum Gasteiger partial charge on any atom is 2.00 e. The fraction of sp³-hybridized carbons (Fsp3) is 0. The third-order valence-electron chi connectivity index (χ3n) is 0.122. The monoisotopic (exact) mass is 154 g/mol. The van der Waals surface area contributed by atoms with Crippen LogP contribution in [0.25, 0.3) is 0 Å². The van der Waals surface area contributed by atoms with E-state index in [2.05, 4.69) is 4.58 Å². The van der Waals surface area contributed by atoms with Gasteiger partial charge in [0.25, 0.3) is 0 Å². The van der Waals surface area contributed by atoms with Crippen molar-refractivity contribution in [3.63, 3.8) is 0 Å². The Morgan fingerprint density at radius 1 is 1.29 bits per heavy atom. The zero-order valence-corrected chi connectivity index (χ0v) is 6.61. The SMILES string of the molecule is OO[Si](O)(O)O.[Ca+2].[H-].[H-]. The first-order valence-corrected chi connectivity index (χ1v) is 2.81. The molecule has 0 aromatic heterocycles. The van der Waals surface area contributed by atoms with E-state index in [1.165, 1.54) is 0 Å². The van der Waals surface area contributed by atoms with Crippen LogP contribution in [0.1, 0.15) is 2.85 Å². The molecule has 0 aliphatic heterocycles. The molecule has 4 N–H and O–H groups in total. The standard InChI is InChI=1S/Ca.H4O5Si.2H/c;1-5-6(2,3)4;;/h;1-4H;;/q+2;;2*-1. The van der Waals surface area contributed by atoms with E-state index in [1.807, 2.05) is 0 Å². The molecule has 0 heterocycles. The summed E-state index contributed by atoms with van der Waals surface area (Å²) in [5, 5.41) is 7.21. The average molecular weight is 154 g/mol. The van der Waals surface area contributed by atoms with Gasteiger partial charge in [-0.25, -0.2) is 0 Å². The first-order chi connectivity index (χ1) is 2.56. The summed E-state index contributed by atoms with van der Waals surface area (Å²) in [5.74, 6) is 0. The molecule has 7 heavy (non-hydrogen) atoms. The minimum atomic E-state index is -4.58. The summed E-state index contributed by atoms with van der Waals surface area (Å²) in [7, 11) is -4.58. The van der Waals surface area contributed by atoms with Crippen LogP contribution in [-0.2, 0) is 4.58 Å². The van der Waals surface area contributed by atoms with Crippen molar-refractivity contribution < 1.29 is 27.1 Å². The second-order valence-electron chi connectivity index (χ2n) is 0.665. The van der Waals surface area contributed by atoms with Crippen LogP contribution in [-0.4, -0.2) is 66.4 Å². The summed E-state index contributed by atoms with van der Waals surface area (Å²) in [4.78, 5) is 22.8. The van der Waals surface area contributed by atoms with Crippen molar-refractivity contribution in [2.24, 2.45) is 0 Å². The zero-order chi connectivity index (χ0) is 5.21. The van der Waals surface area contributed by atoms with Crippen LogP contribution in [0.3, 0.4) is 0 Å². The zero-order valence-electron chi connectivity index (χ0n) is 5.40. The van der Waals surface area contributed by atoms with Crippen LogP contribution in [0.2, 0.25) is 0 Å². The molecule has 0 aliphatic rings. The van der Waals surface area contributed by atoms with Gasteiger partial charge in [0.2, 0.25) is 0 Å². The molecule has 0 bridgehead atoms. The Balaban J connectivity index is -0.0000000417. The van der Waals surface area contributed by atoms with Crippen LogP contribution < -0.4 is 0 Å². The predicted octanol–water partition coefficient (Wildman–Crippen LogP) is -2.27. The predicted molar refractivity (Wildman–Crippen MR) is 24.1 cm³/mol. The van der Waals surface area contributed by atoms with Gasteiger partial charge in [0.1, 0.15) is 0 Å². The second kappa shape index (κ2) is 4.18. The van der Waals surface area contributed by atoms with Crippen LogP contribution in [0.15, 0.2) is 0 Å². The fourth-order valence-electron chi connectivity index (χ4n) is 0. The molecule has 0 radical (unpaired) electrons. The summed E-state index contributed by atoms with van der Waals surface area (Å²) in [5.41, 5.74) is 0. The third kappa shape index (κ3) is 11.1. The normalized spacial score (nSPS) is 10.3. The van der Waals surface area contributed by atoms with Gasteiger partial charge >= 0.3 is 46.8 Å². The Morgan fingerprint density at radius 2 is 1.43 bits per heavy atom. The van der Waals surface area contributed by atoms with Gasteiger partial charge in [-0.2, -0.15) is 4.58 Å². The first-order valence-electron chi connectivity index (χ1n) is 1.06. The van der Waals surface area contributed by atoms with Crippen molar-refractivity contribution in [1.29, 1.82) is 0 Å². The van der Waals surface area contributed by atoms with Gasteiger partial charge in [0, 0.05) is 0 Å². The molecule has 7 heteroatoms. The van der Waals surface area contributed by atoms with Crippen LogP contribution in [0.4, 0.5) is 0 Å². The fourth-order valence-corrected chi connectivity index (χ4v) is 0. The van der Waals surface area contributed by atoms with Gasteiger partial charge in [-0.3, -0.25) is 5.26 Å². The van der Waals surface area contributed by atoms with Crippen molar-refractivity contribution >= 4 is 46.8 Å². The van der Waals surface area contributed by atoms with Crippen LogP contribution in [0.5, 0.6) is 0 Å². The molecule has 0 saturated heterocycles. The van der Waals surface area contributed by atoms with Gasteiger partial charge in [-0.05, 0) is 0 Å². The third-order valence-corrected chi connectivity index (χ3v) is 0.367. The maximum atomic E-state index is 7.60. The van der Waals surface area contributed by atoms with Gasteiger partial charge in [0.15, 0.2) is 0 Å². The second-order valence-corrected chi connectivity index (χ2v) is 2.00. The molecule has 0 atom stereocenters. The summed E-state index contributed by atoms with van der Waals surface area (Å²) < 4.78 is 2.74. The topological polar surface area (TPSA) is 90.2 Å². The Morgan fingerprint density at radius 3 is 1.43 bits per heavy atom. The molecule has 0 spiro atoms. The number of hydrogen-bond acceptors (Lipinski definition) is 5. The quantitative estimate of drug-likeness (QED) is 0.194.